The van der Waals surface area contributed by atoms with Gasteiger partial charge in [-0.25, -0.2) is 10.2 Å². The molecule has 4 heterocycles. The van der Waals surface area contributed by atoms with E-state index in [2.05, 4.69) is 58.2 Å². The minimum absolute atomic E-state index is 0.00339. The highest BCUT2D eigenvalue weighted by molar-refractivity contribution is 14.1. The number of aliphatic hydroxyl groups excluding tert-OH is 4. The molecule has 4 fully saturated rings. The third-order valence-electron chi connectivity index (χ3n) is 18.5. The molecule has 19 atom stereocenters. The lowest BCUT2D eigenvalue weighted by Gasteiger charge is -2.47. The normalized spacial score (nSPS) is 29.7. The van der Waals surface area contributed by atoms with Crippen LogP contribution in [0.15, 0.2) is 77.6 Å². The van der Waals surface area contributed by atoms with Gasteiger partial charge in [0, 0.05) is 63.9 Å². The Bertz CT molecular complexity index is 3810. The van der Waals surface area contributed by atoms with E-state index in [0.717, 1.165) is 18.9 Å². The number of rotatable bonds is 34. The molecule has 4 saturated heterocycles. The van der Waals surface area contributed by atoms with Crippen molar-refractivity contribution < 1.29 is 126 Å². The average Bonchev–Trinajstić information content (AvgIpc) is 0.765. The molecule has 35 heteroatoms. The number of ketones is 1. The van der Waals surface area contributed by atoms with Gasteiger partial charge in [0.15, 0.2) is 41.8 Å². The van der Waals surface area contributed by atoms with E-state index in [-0.39, 0.29) is 84.5 Å². The molecule has 0 bridgehead atoms. The second-order valence-electron chi connectivity index (χ2n) is 26.9. The van der Waals surface area contributed by atoms with Gasteiger partial charge in [0.2, 0.25) is 29.0 Å². The van der Waals surface area contributed by atoms with Gasteiger partial charge in [0.25, 0.3) is 0 Å². The first-order chi connectivity index (χ1) is 52.1. The highest BCUT2D eigenvalue weighted by atomic mass is 127. The number of hydrazone groups is 1. The molecule has 110 heavy (non-hydrogen) atoms. The molecule has 606 valence electrons. The number of Topliss-reactive ketones (excluding diaryl/α,β-unsaturated/α-hetero) is 1. The van der Waals surface area contributed by atoms with E-state index in [0.29, 0.717) is 39.1 Å². The number of hydrogen-bond donors (Lipinski definition) is 9. The van der Waals surface area contributed by atoms with E-state index >= 15 is 0 Å². The number of allylic oxidation sites excluding steroid dienone is 3. The van der Waals surface area contributed by atoms with Gasteiger partial charge in [-0.15, -0.1) is 0 Å². The molecule has 0 saturated carbocycles. The zero-order chi connectivity index (χ0) is 81.1. The molecule has 2 aromatic carbocycles. The lowest BCUT2D eigenvalue weighted by molar-refractivity contribution is -0.337. The van der Waals surface area contributed by atoms with Crippen LogP contribution in [0.3, 0.4) is 0 Å². The van der Waals surface area contributed by atoms with E-state index in [1.807, 2.05) is 43.4 Å². The van der Waals surface area contributed by atoms with E-state index in [9.17, 15) is 54.3 Å². The van der Waals surface area contributed by atoms with Gasteiger partial charge in [0.05, 0.1) is 109 Å². The van der Waals surface area contributed by atoms with Crippen LogP contribution >= 0.6 is 55.9 Å². The number of carboxylic acids is 1. The van der Waals surface area contributed by atoms with Crippen molar-refractivity contribution in [3.05, 3.63) is 92.8 Å². The molecule has 31 nitrogen and oxygen atoms in total. The summed E-state index contributed by atoms with van der Waals surface area (Å²) < 4.78 is 77.7. The number of halogens is 1. The minimum Gasteiger partial charge on any atom is -0.494 e. The van der Waals surface area contributed by atoms with Gasteiger partial charge in [-0.05, 0) is 143 Å². The van der Waals surface area contributed by atoms with Crippen molar-refractivity contribution in [1.82, 2.24) is 21.1 Å². The zero-order valence-corrected chi connectivity index (χ0v) is 68.4. The maximum atomic E-state index is 14.6. The first-order valence-corrected chi connectivity index (χ1v) is 39.6. The van der Waals surface area contributed by atoms with Crippen molar-refractivity contribution >= 4 is 96.4 Å². The number of amides is 3. The lowest BCUT2D eigenvalue weighted by atomic mass is 9.82. The Hall–Kier alpha value is -6.41. The molecule has 0 radical (unpaired) electrons. The summed E-state index contributed by atoms with van der Waals surface area (Å²) in [4.78, 5) is 85.8. The van der Waals surface area contributed by atoms with Crippen LogP contribution in [0.5, 0.6) is 23.0 Å². The molecule has 7 rings (SSSR count). The van der Waals surface area contributed by atoms with Gasteiger partial charge in [-0.3, -0.25) is 34.1 Å². The number of nitrogens with one attached hydrogen (secondary N) is 3. The SMILES string of the molecule is C=C(NC(=O)OC)C(=O)C[C@@]1(O)C#C/C=C\C#C[C@H](OC2OC(C)C(NOC3CC(O)C(SC(=O)c4c(C)c(I)c(OC5OC(C)C(O)C(OC)C5O)c(OC)c4OC)C(C)O3)C(O)C2OC2CC(OC)C(N(CC)C(C)=O)CO2)C(=C)/C1=C\CSSC(C)(C)CC(=O)N/N=C(\C)c1ccc(OCCCC(=O)O)cc1. The van der Waals surface area contributed by atoms with Gasteiger partial charge in [-0.1, -0.05) is 76.3 Å². The van der Waals surface area contributed by atoms with Crippen LogP contribution in [0, 0.1) is 34.2 Å². The van der Waals surface area contributed by atoms with Gasteiger partial charge >= 0.3 is 12.1 Å². The van der Waals surface area contributed by atoms with Crippen molar-refractivity contribution in [2.24, 2.45) is 5.10 Å². The second kappa shape index (κ2) is 42.1. The number of hydroxylamine groups is 1. The number of ether oxygens (including phenoxy) is 13. The fourth-order valence-corrected chi connectivity index (χ4v) is 16.8. The summed E-state index contributed by atoms with van der Waals surface area (Å²) in [6, 6.07) is 5.27. The third-order valence-corrected chi connectivity index (χ3v) is 24.3. The summed E-state index contributed by atoms with van der Waals surface area (Å²) >= 11 is 2.78. The Labute approximate surface area is 665 Å². The van der Waals surface area contributed by atoms with Crippen LogP contribution in [0.2, 0.25) is 0 Å². The number of aliphatic hydroxyl groups is 5. The monoisotopic (exact) mass is 1710 g/mol. The van der Waals surface area contributed by atoms with Gasteiger partial charge < -0.3 is 97.1 Å². The number of carboxylic acid groups (broad SMARTS) is 1. The van der Waals surface area contributed by atoms with Crippen LogP contribution in [0.4, 0.5) is 4.79 Å². The molecule has 1 aliphatic carbocycles. The second-order valence-corrected chi connectivity index (χ2v) is 32.2. The predicted molar refractivity (Wildman–Crippen MR) is 415 cm³/mol. The number of alkyl carbamates (subject to hydrolysis) is 1. The standard InChI is InChI=1S/C75H100IN5O26S3/c1-17-81(45(9)82)49-37-100-56(34-53(49)94-12)105-67-62(89)60(80-107-57-33-50(83)69(44(8)101-57)109-70(91)58-39(3)59(76)65(68(97-15)64(58)95-13)106-71-63(90)66(96-14)61(88)43(7)103-71)42(6)102-72(67)104-52-23-20-18-19-21-30-75(93,35-51(84)41(5)77-73(92)98-16)48(38(52)2)29-32-108-110-74(10,11)36-54(85)79-78-40(4)46-25-27-47(28-26-46)99-31-22-24-55(86)87/h18-19,25-29,42-44,49-50,52-53,56-57,60-63,66-67,69,71-72,80,83,88-90,93H,2,5,17,22,24,31-37H2,1,3-4,6-16H3,(H,77,92)(H,79,85)(H,86,87)/b19-18-,48-29+,78-40+/t42?,43?,44?,49?,50?,52-,53?,56?,57?,60?,61?,62?,63?,66?,67?,69?,71?,72?,75-/m0/s1. The number of thioether (sulfide) groups is 1. The summed E-state index contributed by atoms with van der Waals surface area (Å²) in [5.41, 5.74) is 4.30. The number of likely N-dealkylation sites (N-methyl/N-ethyl adjacent to an activating group) is 1. The van der Waals surface area contributed by atoms with Gasteiger partial charge in [0.1, 0.15) is 42.4 Å². The third kappa shape index (κ3) is 23.9. The highest BCUT2D eigenvalue weighted by Crippen LogP contribution is 2.49. The summed E-state index contributed by atoms with van der Waals surface area (Å²) in [6.45, 7) is 23.8. The number of carbonyl (C=O) groups is 6. The smallest absolute Gasteiger partial charge is 0.411 e. The van der Waals surface area contributed by atoms with Crippen LogP contribution in [0.25, 0.3) is 0 Å². The number of hydrogen-bond acceptors (Lipinski definition) is 30. The topological polar surface area (TPSA) is 405 Å². The van der Waals surface area contributed by atoms with Crippen molar-refractivity contribution in [3.63, 3.8) is 0 Å². The number of carbonyl (C=O) groups excluding carboxylic acids is 5. The molecule has 0 spiro atoms. The van der Waals surface area contributed by atoms with Crippen LogP contribution < -0.4 is 35.2 Å². The highest BCUT2D eigenvalue weighted by Gasteiger charge is 2.51. The molecule has 5 aliphatic rings. The van der Waals surface area contributed by atoms with E-state index < -0.39 is 161 Å². The Kier molecular flexibility index (Phi) is 34.7. The molecule has 9 N–H and O–H groups in total. The number of aliphatic carboxylic acids is 1. The quantitative estimate of drug-likeness (QED) is 0.00745. The Morgan fingerprint density at radius 1 is 0.864 bits per heavy atom. The largest absolute Gasteiger partial charge is 0.494 e. The first kappa shape index (κ1) is 90.8. The van der Waals surface area contributed by atoms with Crippen LogP contribution in [0.1, 0.15) is 115 Å². The molecule has 3 amide bonds. The van der Waals surface area contributed by atoms with E-state index in [1.165, 1.54) is 69.1 Å². The average molecular weight is 1710 g/mol. The molecular formula is C75H100IN5O26S3. The minimum atomic E-state index is -2.41. The Morgan fingerprint density at radius 2 is 1.55 bits per heavy atom. The van der Waals surface area contributed by atoms with Crippen molar-refractivity contribution in [2.45, 2.75) is 221 Å². The van der Waals surface area contributed by atoms with E-state index in [1.54, 1.807) is 69.9 Å². The summed E-state index contributed by atoms with van der Waals surface area (Å²) in [7, 11) is 9.23. The number of nitrogens with zero attached hydrogens (tertiary/aromatic N) is 2. The van der Waals surface area contributed by atoms with Crippen molar-refractivity contribution in [1.29, 1.82) is 0 Å². The zero-order valence-electron chi connectivity index (χ0n) is 63.8. The first-order valence-electron chi connectivity index (χ1n) is 35.3. The fraction of sp³-hybridized carbons (Fsp3) is 0.587. The summed E-state index contributed by atoms with van der Waals surface area (Å²) in [5.74, 6) is 9.79. The maximum absolute atomic E-state index is 14.6. The molecule has 4 aliphatic heterocycles. The van der Waals surface area contributed by atoms with Gasteiger partial charge in [-0.2, -0.15) is 10.6 Å². The number of methoxy groups -OCH3 is 5. The van der Waals surface area contributed by atoms with E-state index in [4.69, 9.17) is 71.5 Å². The van der Waals surface area contributed by atoms with Crippen LogP contribution in [-0.4, -0.2) is 257 Å². The predicted octanol–water partition coefficient (Wildman–Crippen LogP) is 5.93. The van der Waals surface area contributed by atoms with Crippen molar-refractivity contribution in [2.75, 3.05) is 61.1 Å². The van der Waals surface area contributed by atoms with Crippen LogP contribution in [-0.2, 0) is 66.6 Å². The molecule has 17 unspecified atom stereocenters. The fourth-order valence-electron chi connectivity index (χ4n) is 12.6. The molecule has 2 aromatic rings. The van der Waals surface area contributed by atoms with Crippen molar-refractivity contribution in [3.8, 4) is 46.7 Å². The summed E-state index contributed by atoms with van der Waals surface area (Å²) in [6.07, 6.45) is -15.4. The lowest BCUT2D eigenvalue weighted by Crippen LogP contribution is -2.65. The molecular weight excluding hydrogens is 1610 g/mol. The maximum Gasteiger partial charge on any atom is 0.411 e. The molecule has 0 aromatic heterocycles. The number of benzene rings is 2. The Morgan fingerprint density at radius 3 is 2.19 bits per heavy atom. The Balaban J connectivity index is 1.11. The summed E-state index contributed by atoms with van der Waals surface area (Å²) in [5, 5.41) is 73.3.